The highest BCUT2D eigenvalue weighted by molar-refractivity contribution is 5.80. The van der Waals surface area contributed by atoms with Crippen molar-refractivity contribution >= 4 is 16.9 Å². The molecule has 4 rings (SSSR count). The van der Waals surface area contributed by atoms with Crippen LogP contribution in [0.15, 0.2) is 48.5 Å². The van der Waals surface area contributed by atoms with Gasteiger partial charge in [0.15, 0.2) is 0 Å². The van der Waals surface area contributed by atoms with Gasteiger partial charge < -0.3 is 14.2 Å². The van der Waals surface area contributed by atoms with Gasteiger partial charge in [0.25, 0.3) is 0 Å². The fourth-order valence-corrected chi connectivity index (χ4v) is 4.23. The smallest absolute Gasteiger partial charge is 0.223 e. The molecule has 5 heteroatoms. The van der Waals surface area contributed by atoms with Crippen LogP contribution in [0.25, 0.3) is 11.0 Å². The Kier molecular flexibility index (Phi) is 5.56. The molecule has 3 aromatic rings. The van der Waals surface area contributed by atoms with E-state index >= 15 is 0 Å². The molecule has 1 amide bonds. The summed E-state index contributed by atoms with van der Waals surface area (Å²) in [5, 5.41) is 0. The van der Waals surface area contributed by atoms with E-state index in [2.05, 4.69) is 36.6 Å². The lowest BCUT2D eigenvalue weighted by Gasteiger charge is -2.17. The summed E-state index contributed by atoms with van der Waals surface area (Å²) >= 11 is 0. The minimum atomic E-state index is 0.137. The zero-order valence-electron chi connectivity index (χ0n) is 17.5. The van der Waals surface area contributed by atoms with Crippen molar-refractivity contribution in [3.8, 4) is 5.75 Å². The first-order valence-corrected chi connectivity index (χ1v) is 10.5. The molecule has 1 aromatic heterocycles. The third-order valence-electron chi connectivity index (χ3n) is 5.76. The molecule has 2 aromatic carbocycles. The average Bonchev–Trinajstić information content (AvgIpc) is 3.28. The molecule has 0 saturated carbocycles. The van der Waals surface area contributed by atoms with Crippen LogP contribution in [0.1, 0.15) is 50.4 Å². The number of likely N-dealkylation sites (N-methyl/N-ethyl adjacent to an activating group) is 1. The molecule has 1 aliphatic heterocycles. The number of para-hydroxylation sites is 3. The number of nitrogens with zero attached hydrogens (tertiary/aromatic N) is 3. The van der Waals surface area contributed by atoms with Crippen molar-refractivity contribution in [2.75, 3.05) is 19.7 Å². The SMILES string of the molecule is CCN1CC(c2nc3ccccc3n2CCOc2ccccc2C(C)C)CC1=O. The van der Waals surface area contributed by atoms with Crippen LogP contribution < -0.4 is 4.74 Å². The molecule has 0 aliphatic carbocycles. The summed E-state index contributed by atoms with van der Waals surface area (Å²) in [7, 11) is 0. The van der Waals surface area contributed by atoms with Crippen molar-refractivity contribution in [2.24, 2.45) is 0 Å². The Hall–Kier alpha value is -2.82. The summed E-state index contributed by atoms with van der Waals surface area (Å²) in [6, 6.07) is 16.4. The Labute approximate surface area is 172 Å². The number of likely N-dealkylation sites (tertiary alicyclic amines) is 1. The lowest BCUT2D eigenvalue weighted by Crippen LogP contribution is -2.24. The molecule has 152 valence electrons. The maximum absolute atomic E-state index is 12.3. The average molecular weight is 392 g/mol. The van der Waals surface area contributed by atoms with E-state index in [1.54, 1.807) is 0 Å². The topological polar surface area (TPSA) is 47.4 Å². The highest BCUT2D eigenvalue weighted by Gasteiger charge is 2.33. The van der Waals surface area contributed by atoms with Crippen LogP contribution in [0.3, 0.4) is 0 Å². The lowest BCUT2D eigenvalue weighted by atomic mass is 10.0. The summed E-state index contributed by atoms with van der Waals surface area (Å²) in [6.45, 7) is 9.17. The summed E-state index contributed by atoms with van der Waals surface area (Å²) < 4.78 is 8.42. The number of aromatic nitrogens is 2. The Bertz CT molecular complexity index is 1010. The van der Waals surface area contributed by atoms with Gasteiger partial charge in [0.1, 0.15) is 18.2 Å². The van der Waals surface area contributed by atoms with Gasteiger partial charge in [-0.2, -0.15) is 0 Å². The van der Waals surface area contributed by atoms with Gasteiger partial charge in [-0.05, 0) is 36.6 Å². The van der Waals surface area contributed by atoms with Gasteiger partial charge in [-0.1, -0.05) is 44.2 Å². The number of carbonyl (C=O) groups excluding carboxylic acids is 1. The van der Waals surface area contributed by atoms with Gasteiger partial charge in [0.05, 0.1) is 17.6 Å². The highest BCUT2D eigenvalue weighted by Crippen LogP contribution is 2.31. The lowest BCUT2D eigenvalue weighted by molar-refractivity contribution is -0.127. The first-order valence-electron chi connectivity index (χ1n) is 10.5. The normalized spacial score (nSPS) is 16.9. The van der Waals surface area contributed by atoms with Crippen LogP contribution in [0, 0.1) is 0 Å². The molecule has 0 N–H and O–H groups in total. The maximum Gasteiger partial charge on any atom is 0.223 e. The summed E-state index contributed by atoms with van der Waals surface area (Å²) in [5.74, 6) is 2.72. The summed E-state index contributed by atoms with van der Waals surface area (Å²) in [6.07, 6.45) is 0.536. The fraction of sp³-hybridized carbons (Fsp3) is 0.417. The summed E-state index contributed by atoms with van der Waals surface area (Å²) in [4.78, 5) is 19.1. The van der Waals surface area contributed by atoms with Gasteiger partial charge in [0, 0.05) is 25.4 Å². The van der Waals surface area contributed by atoms with E-state index in [9.17, 15) is 4.79 Å². The van der Waals surface area contributed by atoms with Crippen molar-refractivity contribution in [2.45, 2.75) is 45.6 Å². The van der Waals surface area contributed by atoms with E-state index in [1.807, 2.05) is 42.2 Å². The first-order chi connectivity index (χ1) is 14.1. The second kappa shape index (κ2) is 8.27. The Balaban J connectivity index is 1.58. The number of amides is 1. The van der Waals surface area contributed by atoms with Crippen molar-refractivity contribution in [1.29, 1.82) is 0 Å². The first kappa shape index (κ1) is 19.5. The predicted octanol–water partition coefficient (Wildman–Crippen LogP) is 4.57. The van der Waals surface area contributed by atoms with Crippen LogP contribution in [0.2, 0.25) is 0 Å². The molecule has 1 fully saturated rings. The number of ether oxygens (including phenoxy) is 1. The van der Waals surface area contributed by atoms with Gasteiger partial charge in [-0.15, -0.1) is 0 Å². The van der Waals surface area contributed by atoms with Crippen LogP contribution in [0.5, 0.6) is 5.75 Å². The van der Waals surface area contributed by atoms with Crippen LogP contribution in [-0.2, 0) is 11.3 Å². The Morgan fingerprint density at radius 3 is 2.66 bits per heavy atom. The van der Waals surface area contributed by atoms with E-state index in [1.165, 1.54) is 5.56 Å². The maximum atomic E-state index is 12.3. The number of fused-ring (bicyclic) bond motifs is 1. The van der Waals surface area contributed by atoms with Gasteiger partial charge in [-0.3, -0.25) is 4.79 Å². The van der Waals surface area contributed by atoms with E-state index < -0.39 is 0 Å². The molecule has 1 atom stereocenters. The van der Waals surface area contributed by atoms with E-state index in [0.29, 0.717) is 25.5 Å². The number of carbonyl (C=O) groups is 1. The van der Waals surface area contributed by atoms with Crippen LogP contribution >= 0.6 is 0 Å². The number of benzene rings is 2. The molecule has 2 heterocycles. The third-order valence-corrected chi connectivity index (χ3v) is 5.76. The molecule has 0 bridgehead atoms. The van der Waals surface area contributed by atoms with E-state index in [4.69, 9.17) is 9.72 Å². The van der Waals surface area contributed by atoms with Crippen LogP contribution in [0.4, 0.5) is 0 Å². The largest absolute Gasteiger partial charge is 0.491 e. The number of hydrogen-bond acceptors (Lipinski definition) is 3. The minimum absolute atomic E-state index is 0.137. The molecule has 29 heavy (non-hydrogen) atoms. The number of imidazole rings is 1. The standard InChI is InChI=1S/C24H29N3O2/c1-4-26-16-18(15-23(26)28)24-25-20-10-6-7-11-21(20)27(24)13-14-29-22-12-8-5-9-19(22)17(2)3/h5-12,17-18H,4,13-16H2,1-3H3. The number of rotatable bonds is 7. The van der Waals surface area contributed by atoms with Crippen molar-refractivity contribution in [3.63, 3.8) is 0 Å². The van der Waals surface area contributed by atoms with Gasteiger partial charge >= 0.3 is 0 Å². The second-order valence-corrected chi connectivity index (χ2v) is 7.98. The molecule has 1 saturated heterocycles. The predicted molar refractivity (Wildman–Crippen MR) is 115 cm³/mol. The number of hydrogen-bond donors (Lipinski definition) is 0. The van der Waals surface area contributed by atoms with Crippen molar-refractivity contribution < 1.29 is 9.53 Å². The zero-order chi connectivity index (χ0) is 20.4. The molecule has 1 aliphatic rings. The van der Waals surface area contributed by atoms with Crippen molar-refractivity contribution in [3.05, 3.63) is 59.9 Å². The third kappa shape index (κ3) is 3.86. The Morgan fingerprint density at radius 2 is 1.90 bits per heavy atom. The molecule has 5 nitrogen and oxygen atoms in total. The summed E-state index contributed by atoms with van der Waals surface area (Å²) in [5.41, 5.74) is 3.31. The van der Waals surface area contributed by atoms with Gasteiger partial charge in [0.2, 0.25) is 5.91 Å². The Morgan fingerprint density at radius 1 is 1.14 bits per heavy atom. The second-order valence-electron chi connectivity index (χ2n) is 7.98. The molecular weight excluding hydrogens is 362 g/mol. The molecule has 0 spiro atoms. The fourth-order valence-electron chi connectivity index (χ4n) is 4.23. The van der Waals surface area contributed by atoms with E-state index in [0.717, 1.165) is 35.7 Å². The molecular formula is C24H29N3O2. The molecule has 1 unspecified atom stereocenters. The van der Waals surface area contributed by atoms with E-state index in [-0.39, 0.29) is 11.8 Å². The monoisotopic (exact) mass is 391 g/mol. The van der Waals surface area contributed by atoms with Crippen LogP contribution in [-0.4, -0.2) is 40.1 Å². The minimum Gasteiger partial charge on any atom is -0.491 e. The zero-order valence-corrected chi connectivity index (χ0v) is 17.5. The highest BCUT2D eigenvalue weighted by atomic mass is 16.5. The quantitative estimate of drug-likeness (QED) is 0.592. The van der Waals surface area contributed by atoms with Crippen molar-refractivity contribution in [1.82, 2.24) is 14.5 Å². The molecule has 0 radical (unpaired) electrons. The van der Waals surface area contributed by atoms with Gasteiger partial charge in [-0.25, -0.2) is 4.98 Å².